The van der Waals surface area contributed by atoms with Crippen LogP contribution in [0.25, 0.3) is 0 Å². The van der Waals surface area contributed by atoms with E-state index in [0.717, 1.165) is 6.54 Å². The molecule has 2 N–H and O–H groups in total. The first kappa shape index (κ1) is 13.6. The van der Waals surface area contributed by atoms with Crippen LogP contribution in [0.2, 0.25) is 0 Å². The van der Waals surface area contributed by atoms with Gasteiger partial charge < -0.3 is 5.73 Å². The van der Waals surface area contributed by atoms with Crippen LogP contribution in [0.1, 0.15) is 38.2 Å². The van der Waals surface area contributed by atoms with Crippen molar-refractivity contribution in [1.29, 1.82) is 0 Å². The first-order chi connectivity index (χ1) is 8.81. The maximum Gasteiger partial charge on any atom is 0.0221 e. The van der Waals surface area contributed by atoms with E-state index < -0.39 is 0 Å². The van der Waals surface area contributed by atoms with Crippen LogP contribution in [0.3, 0.4) is 0 Å². The maximum absolute atomic E-state index is 5.90. The molecule has 1 heterocycles. The lowest BCUT2D eigenvalue weighted by Gasteiger charge is -2.40. The number of aryl methyl sites for hydroxylation is 1. The summed E-state index contributed by atoms with van der Waals surface area (Å²) in [6.45, 7) is 4.36. The van der Waals surface area contributed by atoms with E-state index in [9.17, 15) is 0 Å². The number of rotatable bonds is 5. The van der Waals surface area contributed by atoms with Crippen molar-refractivity contribution in [3.63, 3.8) is 0 Å². The van der Waals surface area contributed by atoms with Crippen molar-refractivity contribution in [2.45, 2.75) is 51.1 Å². The van der Waals surface area contributed by atoms with E-state index in [1.54, 1.807) is 0 Å². The third-order valence-corrected chi connectivity index (χ3v) is 4.19. The van der Waals surface area contributed by atoms with Gasteiger partial charge in [0.1, 0.15) is 0 Å². The van der Waals surface area contributed by atoms with Crippen LogP contribution < -0.4 is 5.73 Å². The largest absolute Gasteiger partial charge is 0.329 e. The van der Waals surface area contributed by atoms with Crippen molar-refractivity contribution in [3.05, 3.63) is 35.9 Å². The Balaban J connectivity index is 1.81. The predicted octanol–water partition coefficient (Wildman–Crippen LogP) is 2.82. The van der Waals surface area contributed by atoms with Gasteiger partial charge in [-0.05, 0) is 44.7 Å². The third-order valence-electron chi connectivity index (χ3n) is 4.19. The third kappa shape index (κ3) is 3.56. The van der Waals surface area contributed by atoms with Crippen LogP contribution in [-0.2, 0) is 6.42 Å². The summed E-state index contributed by atoms with van der Waals surface area (Å²) in [5, 5.41) is 0. The van der Waals surface area contributed by atoms with Crippen LogP contribution in [0.15, 0.2) is 30.3 Å². The minimum absolute atomic E-state index is 0.615. The number of nitrogens with zero attached hydrogens (tertiary/aromatic N) is 1. The molecule has 0 radical (unpaired) electrons. The van der Waals surface area contributed by atoms with E-state index in [0.29, 0.717) is 12.1 Å². The highest BCUT2D eigenvalue weighted by Crippen LogP contribution is 2.22. The summed E-state index contributed by atoms with van der Waals surface area (Å²) in [7, 11) is 0. The Morgan fingerprint density at radius 1 is 1.22 bits per heavy atom. The molecule has 0 spiro atoms. The molecular formula is C16H26N2. The molecule has 1 aromatic carbocycles. The minimum atomic E-state index is 0.615. The molecule has 1 aromatic rings. The molecule has 1 aliphatic rings. The average Bonchev–Trinajstić information content (AvgIpc) is 2.41. The summed E-state index contributed by atoms with van der Waals surface area (Å²) in [5.41, 5.74) is 7.35. The van der Waals surface area contributed by atoms with Gasteiger partial charge in [0, 0.05) is 18.6 Å². The van der Waals surface area contributed by atoms with Crippen molar-refractivity contribution >= 4 is 0 Å². The van der Waals surface area contributed by atoms with Gasteiger partial charge >= 0.3 is 0 Å². The van der Waals surface area contributed by atoms with Gasteiger partial charge in [0.2, 0.25) is 0 Å². The molecule has 0 aliphatic carbocycles. The van der Waals surface area contributed by atoms with Gasteiger partial charge in [-0.15, -0.1) is 0 Å². The molecule has 2 rings (SSSR count). The quantitative estimate of drug-likeness (QED) is 0.865. The van der Waals surface area contributed by atoms with E-state index in [-0.39, 0.29) is 0 Å². The van der Waals surface area contributed by atoms with E-state index in [1.165, 1.54) is 44.2 Å². The molecular weight excluding hydrogens is 220 g/mol. The second-order valence-electron chi connectivity index (χ2n) is 5.50. The molecule has 1 fully saturated rings. The first-order valence-corrected chi connectivity index (χ1v) is 7.31. The molecule has 100 valence electrons. The number of hydrogen-bond donors (Lipinski definition) is 1. The Labute approximate surface area is 111 Å². The summed E-state index contributed by atoms with van der Waals surface area (Å²) < 4.78 is 0. The normalized spacial score (nSPS) is 25.2. The average molecular weight is 246 g/mol. The van der Waals surface area contributed by atoms with Crippen LogP contribution >= 0.6 is 0 Å². The van der Waals surface area contributed by atoms with Crippen LogP contribution in [0, 0.1) is 0 Å². The summed E-state index contributed by atoms with van der Waals surface area (Å²) in [6, 6.07) is 12.1. The molecule has 2 unspecified atom stereocenters. The molecule has 2 nitrogen and oxygen atoms in total. The Bertz CT molecular complexity index is 336. The summed E-state index contributed by atoms with van der Waals surface area (Å²) in [6.07, 6.45) is 6.39. The first-order valence-electron chi connectivity index (χ1n) is 7.31. The molecule has 0 saturated carbocycles. The fourth-order valence-electron chi connectivity index (χ4n) is 3.11. The van der Waals surface area contributed by atoms with Crippen LogP contribution in [0.4, 0.5) is 0 Å². The zero-order valence-electron chi connectivity index (χ0n) is 11.5. The second-order valence-corrected chi connectivity index (χ2v) is 5.50. The predicted molar refractivity (Wildman–Crippen MR) is 77.6 cm³/mol. The van der Waals surface area contributed by atoms with E-state index in [2.05, 4.69) is 42.2 Å². The zero-order chi connectivity index (χ0) is 12.8. The maximum atomic E-state index is 5.90. The molecule has 0 bridgehead atoms. The minimum Gasteiger partial charge on any atom is -0.329 e. The highest BCUT2D eigenvalue weighted by molar-refractivity contribution is 5.14. The van der Waals surface area contributed by atoms with Gasteiger partial charge in [-0.3, -0.25) is 4.90 Å². The smallest absolute Gasteiger partial charge is 0.0221 e. The Hall–Kier alpha value is -0.860. The SMILES string of the molecule is CC1CCCC(CN)N1CCCc1ccccc1. The van der Waals surface area contributed by atoms with Crippen molar-refractivity contribution in [3.8, 4) is 0 Å². The number of likely N-dealkylation sites (tertiary alicyclic amines) is 1. The van der Waals surface area contributed by atoms with E-state index >= 15 is 0 Å². The van der Waals surface area contributed by atoms with Gasteiger partial charge in [-0.2, -0.15) is 0 Å². The molecule has 1 saturated heterocycles. The number of benzene rings is 1. The number of hydrogen-bond acceptors (Lipinski definition) is 2. The molecule has 2 atom stereocenters. The van der Waals surface area contributed by atoms with E-state index in [4.69, 9.17) is 5.73 Å². The summed E-state index contributed by atoms with van der Waals surface area (Å²) in [4.78, 5) is 2.63. The summed E-state index contributed by atoms with van der Waals surface area (Å²) >= 11 is 0. The molecule has 0 amide bonds. The van der Waals surface area contributed by atoms with E-state index in [1.807, 2.05) is 0 Å². The monoisotopic (exact) mass is 246 g/mol. The lowest BCUT2D eigenvalue weighted by Crippen LogP contribution is -2.49. The zero-order valence-corrected chi connectivity index (χ0v) is 11.5. The Kier molecular flexibility index (Phi) is 5.21. The Morgan fingerprint density at radius 2 is 2.00 bits per heavy atom. The van der Waals surface area contributed by atoms with Crippen molar-refractivity contribution in [2.24, 2.45) is 5.73 Å². The fraction of sp³-hybridized carbons (Fsp3) is 0.625. The second kappa shape index (κ2) is 6.91. The topological polar surface area (TPSA) is 29.3 Å². The fourth-order valence-corrected chi connectivity index (χ4v) is 3.11. The van der Waals surface area contributed by atoms with Crippen LogP contribution in [-0.4, -0.2) is 30.1 Å². The molecule has 2 heteroatoms. The van der Waals surface area contributed by atoms with Crippen molar-refractivity contribution in [2.75, 3.05) is 13.1 Å². The van der Waals surface area contributed by atoms with Gasteiger partial charge in [0.25, 0.3) is 0 Å². The molecule has 0 aromatic heterocycles. The Morgan fingerprint density at radius 3 is 2.72 bits per heavy atom. The molecule has 1 aliphatic heterocycles. The molecule has 18 heavy (non-hydrogen) atoms. The van der Waals surface area contributed by atoms with Crippen LogP contribution in [0.5, 0.6) is 0 Å². The van der Waals surface area contributed by atoms with Crippen molar-refractivity contribution < 1.29 is 0 Å². The van der Waals surface area contributed by atoms with Gasteiger partial charge in [-0.1, -0.05) is 36.8 Å². The summed E-state index contributed by atoms with van der Waals surface area (Å²) in [5.74, 6) is 0. The number of nitrogens with two attached hydrogens (primary N) is 1. The number of piperidine rings is 1. The lowest BCUT2D eigenvalue weighted by molar-refractivity contribution is 0.0961. The lowest BCUT2D eigenvalue weighted by atomic mass is 9.96. The highest BCUT2D eigenvalue weighted by Gasteiger charge is 2.25. The highest BCUT2D eigenvalue weighted by atomic mass is 15.2. The van der Waals surface area contributed by atoms with Gasteiger partial charge in [0.15, 0.2) is 0 Å². The van der Waals surface area contributed by atoms with Crippen molar-refractivity contribution in [1.82, 2.24) is 4.90 Å². The standard InChI is InChI=1S/C16H26N2/c1-14-7-5-11-16(13-17)18(14)12-6-10-15-8-3-2-4-9-15/h2-4,8-9,14,16H,5-7,10-13,17H2,1H3. The van der Waals surface area contributed by atoms with Gasteiger partial charge in [-0.25, -0.2) is 0 Å². The van der Waals surface area contributed by atoms with Gasteiger partial charge in [0.05, 0.1) is 0 Å².